The molecular weight excluding hydrogens is 664 g/mol. The third-order valence-corrected chi connectivity index (χ3v) is 9.62. The number of imidazole rings is 1. The van der Waals surface area contributed by atoms with Gasteiger partial charge in [0.15, 0.2) is 10.8 Å². The van der Waals surface area contributed by atoms with Crippen LogP contribution in [0.3, 0.4) is 0 Å². The molecule has 5 heterocycles. The van der Waals surface area contributed by atoms with Crippen LogP contribution in [0.4, 0.5) is 11.1 Å². The number of pyridine rings is 1. The van der Waals surface area contributed by atoms with Crippen LogP contribution in [0.15, 0.2) is 34.8 Å². The van der Waals surface area contributed by atoms with Crippen LogP contribution >= 0.6 is 34.7 Å². The molecule has 0 radical (unpaired) electrons. The highest BCUT2D eigenvalue weighted by molar-refractivity contribution is 8.00. The van der Waals surface area contributed by atoms with Crippen molar-refractivity contribution >= 4 is 86.4 Å². The molecule has 17 nitrogen and oxygen atoms in total. The minimum Gasteiger partial charge on any atom is -0.543 e. The quantitative estimate of drug-likeness (QED) is 0.0451. The van der Waals surface area contributed by atoms with E-state index in [9.17, 15) is 24.3 Å². The molecule has 3 atom stereocenters. The van der Waals surface area contributed by atoms with Gasteiger partial charge in [0.1, 0.15) is 33.5 Å². The van der Waals surface area contributed by atoms with E-state index in [-0.39, 0.29) is 33.2 Å². The predicted octanol–water partition coefficient (Wildman–Crippen LogP) is -1.49. The fraction of sp³-hybridized carbons (Fsp3) is 0.385. The van der Waals surface area contributed by atoms with E-state index in [1.165, 1.54) is 18.7 Å². The van der Waals surface area contributed by atoms with E-state index in [0.29, 0.717) is 23.7 Å². The number of halogens is 1. The summed E-state index contributed by atoms with van der Waals surface area (Å²) in [5, 5.41) is 30.0. The molecule has 2 aliphatic heterocycles. The second kappa shape index (κ2) is 13.5. The number of hydrogen-bond acceptors (Lipinski definition) is 14. The topological polar surface area (TPSA) is 247 Å². The summed E-state index contributed by atoms with van der Waals surface area (Å²) >= 11 is 8.26. The molecule has 3 aromatic heterocycles. The van der Waals surface area contributed by atoms with E-state index >= 15 is 0 Å². The van der Waals surface area contributed by atoms with Gasteiger partial charge in [-0.25, -0.2) is 14.3 Å². The molecule has 244 valence electrons. The van der Waals surface area contributed by atoms with Gasteiger partial charge in [-0.05, 0) is 44.1 Å². The molecule has 1 fully saturated rings. The number of hydrogen-bond donors (Lipinski definition) is 5. The first kappa shape index (κ1) is 32.9. The minimum atomic E-state index is -1.55. The second-order valence-electron chi connectivity index (χ2n) is 10.2. The van der Waals surface area contributed by atoms with Crippen molar-refractivity contribution in [2.24, 2.45) is 5.16 Å². The summed E-state index contributed by atoms with van der Waals surface area (Å²) in [6.07, 6.45) is 1.14. The van der Waals surface area contributed by atoms with Crippen molar-refractivity contribution < 1.29 is 38.8 Å². The number of nitrogen functional groups attached to an aromatic ring is 2. The standard InChI is InChI=1S/C26H29ClN10O7S2/c1-11(23(40)41)44-34-15(14-18(27)46-26(29)32-14)20(38)31-16-21(39)37-17(24(42)43)12(10-45-22(16)37)9-35-7-3-5-13-19(35)33-25(28)36(13)8-4-6-30-2/h3,5,7,11,16,22,28,30H,4,6,8-10H2,1-2H3,(H5,29,31,32,38,40,41,42,43)/b34-15-/t11-,16+,22?/m0/s1. The lowest BCUT2D eigenvalue weighted by molar-refractivity contribution is -0.664. The zero-order chi connectivity index (χ0) is 33.3. The predicted molar refractivity (Wildman–Crippen MR) is 166 cm³/mol. The van der Waals surface area contributed by atoms with Crippen molar-refractivity contribution in [2.75, 3.05) is 30.8 Å². The fourth-order valence-electron chi connectivity index (χ4n) is 4.97. The number of carbonyl (C=O) groups is 4. The van der Waals surface area contributed by atoms with Gasteiger partial charge < -0.3 is 41.9 Å². The lowest BCUT2D eigenvalue weighted by Crippen LogP contribution is -2.71. The van der Waals surface area contributed by atoms with Crippen LogP contribution in [0.5, 0.6) is 0 Å². The Morgan fingerprint density at radius 1 is 1.35 bits per heavy atom. The number of amides is 2. The molecule has 1 unspecified atom stereocenters. The number of nitrogens with one attached hydrogen (secondary N) is 2. The van der Waals surface area contributed by atoms with E-state index in [2.05, 4.69) is 25.8 Å². The molecule has 0 bridgehead atoms. The van der Waals surface area contributed by atoms with E-state index < -0.39 is 47.0 Å². The number of aryl methyl sites for hydroxylation is 1. The SMILES string of the molecule is CNCCCn1c(N)nc2c1ccc[n+]2CC1=C(C(=O)[O-])N2C(=O)[C@@H](NC(=O)/C(=N\O[C@@H](C)C(=O)O)c3nc(N)sc3Cl)C2SC1. The summed E-state index contributed by atoms with van der Waals surface area (Å²) in [6, 6.07) is 2.52. The first-order valence-electron chi connectivity index (χ1n) is 13.8. The van der Waals surface area contributed by atoms with Crippen LogP contribution in [-0.2, 0) is 37.1 Å². The summed E-state index contributed by atoms with van der Waals surface area (Å²) in [4.78, 5) is 64.7. The van der Waals surface area contributed by atoms with Gasteiger partial charge in [-0.2, -0.15) is 0 Å². The van der Waals surface area contributed by atoms with Crippen LogP contribution in [0.1, 0.15) is 19.0 Å². The highest BCUT2D eigenvalue weighted by Gasteiger charge is 2.53. The Morgan fingerprint density at radius 2 is 2.11 bits per heavy atom. The number of fused-ring (bicyclic) bond motifs is 2. The van der Waals surface area contributed by atoms with Crippen molar-refractivity contribution in [3.8, 4) is 0 Å². The van der Waals surface area contributed by atoms with Crippen LogP contribution in [0.2, 0.25) is 4.34 Å². The van der Waals surface area contributed by atoms with Crippen molar-refractivity contribution in [2.45, 2.75) is 44.0 Å². The highest BCUT2D eigenvalue weighted by Crippen LogP contribution is 2.40. The summed E-state index contributed by atoms with van der Waals surface area (Å²) < 4.78 is 3.62. The van der Waals surface area contributed by atoms with Gasteiger partial charge in [0.2, 0.25) is 6.10 Å². The maximum atomic E-state index is 13.3. The zero-order valence-corrected chi connectivity index (χ0v) is 26.8. The number of carboxylic acids is 2. The highest BCUT2D eigenvalue weighted by atomic mass is 35.5. The number of thioether (sulfide) groups is 1. The molecule has 0 aliphatic carbocycles. The number of β-lactam (4-membered cyclic amide) rings is 1. The first-order valence-corrected chi connectivity index (χ1v) is 16.0. The molecule has 2 amide bonds. The first-order chi connectivity index (χ1) is 21.9. The Bertz CT molecular complexity index is 1790. The summed E-state index contributed by atoms with van der Waals surface area (Å²) in [7, 11) is 1.86. The monoisotopic (exact) mass is 692 g/mol. The Kier molecular flexibility index (Phi) is 9.66. The number of aromatic nitrogens is 4. The van der Waals surface area contributed by atoms with E-state index in [4.69, 9.17) is 33.0 Å². The molecular formula is C26H29ClN10O7S2. The third-order valence-electron chi connectivity index (χ3n) is 7.20. The van der Waals surface area contributed by atoms with Crippen molar-refractivity contribution in [1.29, 1.82) is 0 Å². The Balaban J connectivity index is 1.38. The lowest BCUT2D eigenvalue weighted by Gasteiger charge is -2.50. The molecule has 0 aromatic carbocycles. The zero-order valence-electron chi connectivity index (χ0n) is 24.4. The van der Waals surface area contributed by atoms with Gasteiger partial charge in [0, 0.05) is 17.9 Å². The molecule has 0 saturated carbocycles. The number of oxime groups is 1. The molecule has 46 heavy (non-hydrogen) atoms. The van der Waals surface area contributed by atoms with E-state index in [1.54, 1.807) is 16.8 Å². The number of nitrogens with zero attached hydrogens (tertiary/aromatic N) is 6. The Hall–Kier alpha value is -4.46. The van der Waals surface area contributed by atoms with Crippen LogP contribution in [0.25, 0.3) is 11.2 Å². The number of anilines is 2. The number of thiazole rings is 1. The van der Waals surface area contributed by atoms with Crippen molar-refractivity contribution in [1.82, 2.24) is 30.1 Å². The molecule has 2 aliphatic rings. The van der Waals surface area contributed by atoms with Crippen molar-refractivity contribution in [3.05, 3.63) is 39.6 Å². The molecule has 0 spiro atoms. The third kappa shape index (κ3) is 6.30. The smallest absolute Gasteiger partial charge is 0.351 e. The number of carbonyl (C=O) groups excluding carboxylic acids is 3. The number of aliphatic carboxylic acids is 2. The minimum absolute atomic E-state index is 0.00795. The van der Waals surface area contributed by atoms with Gasteiger partial charge in [0.25, 0.3) is 11.8 Å². The van der Waals surface area contributed by atoms with Gasteiger partial charge in [-0.15, -0.1) is 11.8 Å². The van der Waals surface area contributed by atoms with Gasteiger partial charge >= 0.3 is 17.6 Å². The average Bonchev–Trinajstić information content (AvgIpc) is 3.52. The maximum Gasteiger partial charge on any atom is 0.351 e. The van der Waals surface area contributed by atoms with Crippen LogP contribution < -0.4 is 31.8 Å². The normalized spacial score (nSPS) is 18.7. The largest absolute Gasteiger partial charge is 0.543 e. The maximum absolute atomic E-state index is 13.3. The molecule has 1 saturated heterocycles. The second-order valence-corrected chi connectivity index (χ2v) is 13.0. The molecule has 7 N–H and O–H groups in total. The lowest BCUT2D eigenvalue weighted by atomic mass is 10.0. The molecule has 5 rings (SSSR count). The molecule has 20 heteroatoms. The summed E-state index contributed by atoms with van der Waals surface area (Å²) in [5.74, 6) is -4.04. The van der Waals surface area contributed by atoms with E-state index in [1.807, 2.05) is 17.7 Å². The van der Waals surface area contributed by atoms with Crippen molar-refractivity contribution in [3.63, 3.8) is 0 Å². The average molecular weight is 693 g/mol. The Labute approximate surface area is 274 Å². The van der Waals surface area contributed by atoms with Gasteiger partial charge in [0.05, 0.1) is 17.9 Å². The fourth-order valence-corrected chi connectivity index (χ4v) is 7.24. The van der Waals surface area contributed by atoms with Gasteiger partial charge in [-0.1, -0.05) is 28.1 Å². The Morgan fingerprint density at radius 3 is 2.76 bits per heavy atom. The van der Waals surface area contributed by atoms with Crippen LogP contribution in [0, 0.1) is 0 Å². The number of rotatable bonds is 13. The van der Waals surface area contributed by atoms with E-state index in [0.717, 1.165) is 34.7 Å². The van der Waals surface area contributed by atoms with Gasteiger partial charge in [-0.3, -0.25) is 19.1 Å². The summed E-state index contributed by atoms with van der Waals surface area (Å²) in [5.41, 5.74) is 12.7. The number of carboxylic acid groups (broad SMARTS) is 2. The van der Waals surface area contributed by atoms with Crippen LogP contribution in [-0.4, -0.2) is 90.9 Å². The summed E-state index contributed by atoms with van der Waals surface area (Å²) in [6.45, 7) is 2.71. The molecule has 3 aromatic rings. The number of nitrogens with two attached hydrogens (primary N) is 2.